The monoisotopic (exact) mass is 271 g/mol. The van der Waals surface area contributed by atoms with Gasteiger partial charge in [-0.2, -0.15) is 0 Å². The first-order chi connectivity index (χ1) is 8.13. The van der Waals surface area contributed by atoms with E-state index in [2.05, 4.69) is 25.2 Å². The van der Waals surface area contributed by atoms with E-state index in [0.717, 1.165) is 36.5 Å². The molecule has 3 heteroatoms. The Bertz CT molecular complexity index is 386. The first kappa shape index (κ1) is 14.6. The van der Waals surface area contributed by atoms with Gasteiger partial charge in [0.25, 0.3) is 0 Å². The molecule has 94 valence electrons. The summed E-state index contributed by atoms with van der Waals surface area (Å²) in [6.45, 7) is 6.30. The summed E-state index contributed by atoms with van der Waals surface area (Å²) < 4.78 is 0. The third kappa shape index (κ3) is 5.58. The van der Waals surface area contributed by atoms with Gasteiger partial charge in [-0.15, -0.1) is 0 Å². The number of halogens is 2. The van der Waals surface area contributed by atoms with Crippen molar-refractivity contribution in [2.24, 2.45) is 0 Å². The van der Waals surface area contributed by atoms with Crippen LogP contribution in [-0.2, 0) is 6.42 Å². The second kappa shape index (κ2) is 7.75. The fraction of sp³-hybridized carbons (Fsp3) is 0.429. The van der Waals surface area contributed by atoms with Crippen molar-refractivity contribution in [3.63, 3.8) is 0 Å². The molecule has 1 rings (SSSR count). The van der Waals surface area contributed by atoms with E-state index >= 15 is 0 Å². The summed E-state index contributed by atoms with van der Waals surface area (Å²) in [5, 5.41) is 4.73. The maximum atomic E-state index is 6.13. The number of rotatable bonds is 6. The molecule has 1 aromatic carbocycles. The Morgan fingerprint density at radius 3 is 2.76 bits per heavy atom. The van der Waals surface area contributed by atoms with E-state index in [1.54, 1.807) is 6.07 Å². The van der Waals surface area contributed by atoms with Crippen LogP contribution in [0.4, 0.5) is 0 Å². The Kier molecular flexibility index (Phi) is 6.64. The molecule has 0 aliphatic heterocycles. The predicted octanol–water partition coefficient (Wildman–Crippen LogP) is 4.48. The molecule has 0 aliphatic carbocycles. The fourth-order valence-corrected chi connectivity index (χ4v) is 2.11. The van der Waals surface area contributed by atoms with Gasteiger partial charge in [0.2, 0.25) is 0 Å². The van der Waals surface area contributed by atoms with Crippen molar-refractivity contribution < 1.29 is 0 Å². The highest BCUT2D eigenvalue weighted by Gasteiger charge is 2.01. The van der Waals surface area contributed by atoms with Crippen LogP contribution in [0.5, 0.6) is 0 Å². The van der Waals surface area contributed by atoms with Gasteiger partial charge in [0.05, 0.1) is 0 Å². The summed E-state index contributed by atoms with van der Waals surface area (Å²) in [7, 11) is 0. The molecule has 1 N–H and O–H groups in total. The molecule has 0 aromatic heterocycles. The molecule has 0 saturated heterocycles. The average molecular weight is 272 g/mol. The third-order valence-corrected chi connectivity index (χ3v) is 3.14. The fourth-order valence-electron chi connectivity index (χ4n) is 1.64. The van der Waals surface area contributed by atoms with Crippen LogP contribution in [-0.4, -0.2) is 13.1 Å². The van der Waals surface area contributed by atoms with Crippen LogP contribution in [0.25, 0.3) is 0 Å². The lowest BCUT2D eigenvalue weighted by atomic mass is 10.1. The molecule has 0 amide bonds. The van der Waals surface area contributed by atoms with Gasteiger partial charge in [-0.05, 0) is 50.6 Å². The van der Waals surface area contributed by atoms with Crippen LogP contribution in [0.2, 0.25) is 10.0 Å². The Hall–Kier alpha value is -0.500. The number of benzene rings is 1. The lowest BCUT2D eigenvalue weighted by Crippen LogP contribution is -2.13. The second-order valence-electron chi connectivity index (χ2n) is 4.11. The van der Waals surface area contributed by atoms with Crippen LogP contribution in [0, 0.1) is 0 Å². The van der Waals surface area contributed by atoms with Crippen molar-refractivity contribution in [3.05, 3.63) is 45.5 Å². The van der Waals surface area contributed by atoms with Crippen LogP contribution >= 0.6 is 23.2 Å². The number of nitrogens with one attached hydrogen (secondary N) is 1. The molecule has 0 atom stereocenters. The number of hydrogen-bond donors (Lipinski definition) is 1. The molecular weight excluding hydrogens is 253 g/mol. The highest BCUT2D eigenvalue weighted by atomic mass is 35.5. The zero-order valence-corrected chi connectivity index (χ0v) is 11.9. The molecule has 0 radical (unpaired) electrons. The molecule has 0 saturated carbocycles. The predicted molar refractivity (Wildman–Crippen MR) is 77.1 cm³/mol. The lowest BCUT2D eigenvalue weighted by molar-refractivity contribution is 0.724. The van der Waals surface area contributed by atoms with E-state index < -0.39 is 0 Å². The molecule has 0 aliphatic rings. The molecule has 1 aromatic rings. The van der Waals surface area contributed by atoms with E-state index in [0.29, 0.717) is 5.02 Å². The first-order valence-electron chi connectivity index (χ1n) is 5.93. The van der Waals surface area contributed by atoms with Crippen molar-refractivity contribution >= 4 is 23.2 Å². The molecular formula is C14H19Cl2N. The average Bonchev–Trinajstić information content (AvgIpc) is 2.28. The normalized spacial score (nSPS) is 11.9. The molecule has 1 nitrogen and oxygen atoms in total. The summed E-state index contributed by atoms with van der Waals surface area (Å²) in [4.78, 5) is 0. The number of allylic oxidation sites excluding steroid dienone is 1. The maximum absolute atomic E-state index is 6.13. The second-order valence-corrected chi connectivity index (χ2v) is 4.95. The molecule has 17 heavy (non-hydrogen) atoms. The van der Waals surface area contributed by atoms with E-state index in [9.17, 15) is 0 Å². The van der Waals surface area contributed by atoms with Gasteiger partial charge in [-0.25, -0.2) is 0 Å². The van der Waals surface area contributed by atoms with Gasteiger partial charge >= 0.3 is 0 Å². The summed E-state index contributed by atoms with van der Waals surface area (Å²) in [5.74, 6) is 0. The molecule has 0 fully saturated rings. The summed E-state index contributed by atoms with van der Waals surface area (Å²) in [6.07, 6.45) is 4.21. The van der Waals surface area contributed by atoms with E-state index in [1.807, 2.05) is 12.1 Å². The van der Waals surface area contributed by atoms with Gasteiger partial charge in [0, 0.05) is 10.0 Å². The first-order valence-corrected chi connectivity index (χ1v) is 6.69. The van der Waals surface area contributed by atoms with E-state index in [4.69, 9.17) is 23.2 Å². The summed E-state index contributed by atoms with van der Waals surface area (Å²) in [6, 6.07) is 5.67. The highest BCUT2D eigenvalue weighted by molar-refractivity contribution is 6.35. The molecule has 0 heterocycles. The minimum Gasteiger partial charge on any atom is -0.317 e. The third-order valence-electron chi connectivity index (χ3n) is 2.55. The van der Waals surface area contributed by atoms with E-state index in [-0.39, 0.29) is 0 Å². The van der Waals surface area contributed by atoms with Crippen molar-refractivity contribution in [2.75, 3.05) is 13.1 Å². The van der Waals surface area contributed by atoms with Gasteiger partial charge < -0.3 is 5.32 Å². The van der Waals surface area contributed by atoms with Gasteiger partial charge in [-0.1, -0.05) is 47.8 Å². The standard InChI is InChI=1S/C14H19Cl2N/c1-3-17-8-4-5-11(2)9-12-6-7-13(15)10-14(12)16/h5-7,10,17H,3-4,8-9H2,1-2H3. The summed E-state index contributed by atoms with van der Waals surface area (Å²) >= 11 is 12.0. The Morgan fingerprint density at radius 1 is 1.35 bits per heavy atom. The van der Waals surface area contributed by atoms with Crippen LogP contribution < -0.4 is 5.32 Å². The molecule has 0 spiro atoms. The Morgan fingerprint density at radius 2 is 2.12 bits per heavy atom. The quantitative estimate of drug-likeness (QED) is 0.594. The van der Waals surface area contributed by atoms with Gasteiger partial charge in [0.1, 0.15) is 0 Å². The van der Waals surface area contributed by atoms with Crippen molar-refractivity contribution in [3.8, 4) is 0 Å². The zero-order valence-electron chi connectivity index (χ0n) is 10.4. The smallest absolute Gasteiger partial charge is 0.0456 e. The van der Waals surface area contributed by atoms with Crippen LogP contribution in [0.3, 0.4) is 0 Å². The minimum absolute atomic E-state index is 0.688. The summed E-state index contributed by atoms with van der Waals surface area (Å²) in [5.41, 5.74) is 2.47. The maximum Gasteiger partial charge on any atom is 0.0456 e. The molecule has 0 bridgehead atoms. The van der Waals surface area contributed by atoms with Crippen molar-refractivity contribution in [1.82, 2.24) is 5.32 Å². The van der Waals surface area contributed by atoms with E-state index in [1.165, 1.54) is 5.57 Å². The Labute approximate surface area is 114 Å². The lowest BCUT2D eigenvalue weighted by Gasteiger charge is -2.05. The van der Waals surface area contributed by atoms with Gasteiger partial charge in [0.15, 0.2) is 0 Å². The van der Waals surface area contributed by atoms with Gasteiger partial charge in [-0.3, -0.25) is 0 Å². The topological polar surface area (TPSA) is 12.0 Å². The SMILES string of the molecule is CCNCCC=C(C)Cc1ccc(Cl)cc1Cl. The highest BCUT2D eigenvalue weighted by Crippen LogP contribution is 2.23. The van der Waals surface area contributed by atoms with Crippen molar-refractivity contribution in [2.45, 2.75) is 26.7 Å². The Balaban J connectivity index is 2.52. The largest absolute Gasteiger partial charge is 0.317 e. The number of hydrogen-bond acceptors (Lipinski definition) is 1. The van der Waals surface area contributed by atoms with Crippen molar-refractivity contribution in [1.29, 1.82) is 0 Å². The minimum atomic E-state index is 0.688. The van der Waals surface area contributed by atoms with Crippen LogP contribution in [0.15, 0.2) is 29.8 Å². The van der Waals surface area contributed by atoms with Crippen LogP contribution in [0.1, 0.15) is 25.8 Å². The zero-order chi connectivity index (χ0) is 12.7. The molecule has 0 unspecified atom stereocenters.